The fourth-order valence-corrected chi connectivity index (χ4v) is 2.02. The summed E-state index contributed by atoms with van der Waals surface area (Å²) in [6.07, 6.45) is 1.90. The van der Waals surface area contributed by atoms with Gasteiger partial charge in [-0.2, -0.15) is 0 Å². The minimum absolute atomic E-state index is 0.688. The summed E-state index contributed by atoms with van der Waals surface area (Å²) < 4.78 is 10.5. The molecule has 0 saturated carbocycles. The molecule has 0 fully saturated rings. The highest BCUT2D eigenvalue weighted by molar-refractivity contribution is 6.51. The quantitative estimate of drug-likeness (QED) is 0.768. The van der Waals surface area contributed by atoms with Crippen molar-refractivity contribution < 1.29 is 9.47 Å². The zero-order chi connectivity index (χ0) is 13.7. The Bertz CT molecular complexity index is 577. The summed E-state index contributed by atoms with van der Waals surface area (Å²) in [5, 5.41) is 0.688. The van der Waals surface area contributed by atoms with Gasteiger partial charge in [0, 0.05) is 5.03 Å². The van der Waals surface area contributed by atoms with Crippen LogP contribution in [0.2, 0.25) is 0 Å². The number of methoxy groups -OCH3 is 2. The van der Waals surface area contributed by atoms with E-state index in [0.717, 1.165) is 11.1 Å². The number of benzene rings is 2. The molecule has 0 amide bonds. The summed E-state index contributed by atoms with van der Waals surface area (Å²) in [6.45, 7) is 0. The first kappa shape index (κ1) is 13.5. The van der Waals surface area contributed by atoms with E-state index < -0.39 is 0 Å². The van der Waals surface area contributed by atoms with Crippen LogP contribution in [0, 0.1) is 0 Å². The monoisotopic (exact) mass is 274 g/mol. The van der Waals surface area contributed by atoms with Crippen molar-refractivity contribution in [2.45, 2.75) is 0 Å². The van der Waals surface area contributed by atoms with Crippen LogP contribution in [0.15, 0.2) is 48.5 Å². The lowest BCUT2D eigenvalue weighted by molar-refractivity contribution is 0.355. The average Bonchev–Trinajstić information content (AvgIpc) is 2.48. The summed E-state index contributed by atoms with van der Waals surface area (Å²) >= 11 is 6.30. The van der Waals surface area contributed by atoms with Crippen LogP contribution in [0.25, 0.3) is 11.1 Å². The topological polar surface area (TPSA) is 18.5 Å². The summed E-state index contributed by atoms with van der Waals surface area (Å²) in [7, 11) is 3.23. The minimum atomic E-state index is 0.688. The molecule has 0 aliphatic carbocycles. The molecular weight excluding hydrogens is 260 g/mol. The predicted molar refractivity (Wildman–Crippen MR) is 79.7 cm³/mol. The smallest absolute Gasteiger partial charge is 0.161 e. The van der Waals surface area contributed by atoms with Gasteiger partial charge in [-0.05, 0) is 29.3 Å². The van der Waals surface area contributed by atoms with Gasteiger partial charge in [-0.15, -0.1) is 0 Å². The Hall–Kier alpha value is -1.93. The lowest BCUT2D eigenvalue weighted by Gasteiger charge is -2.08. The van der Waals surface area contributed by atoms with Gasteiger partial charge in [0.1, 0.15) is 0 Å². The molecule has 0 aromatic heterocycles. The standard InChI is InChI=1S/C16H15ClO2/c1-18-15-9-8-12(11-16(15)19-2)10-14(17)13-6-4-3-5-7-13/h3-11H,1-2H3. The largest absolute Gasteiger partial charge is 0.493 e. The van der Waals surface area contributed by atoms with E-state index in [4.69, 9.17) is 21.1 Å². The average molecular weight is 275 g/mol. The SMILES string of the molecule is COc1ccc(C=C(Cl)c2ccccc2)cc1OC. The molecule has 0 N–H and O–H groups in total. The van der Waals surface area contributed by atoms with Crippen LogP contribution in [0.3, 0.4) is 0 Å². The first-order chi connectivity index (χ1) is 9.24. The number of hydrogen-bond donors (Lipinski definition) is 0. The Morgan fingerprint density at radius 1 is 0.947 bits per heavy atom. The van der Waals surface area contributed by atoms with E-state index in [0.29, 0.717) is 16.5 Å². The third-order valence-electron chi connectivity index (χ3n) is 2.75. The zero-order valence-electron chi connectivity index (χ0n) is 10.9. The maximum absolute atomic E-state index is 6.30. The molecule has 0 saturated heterocycles. The second kappa shape index (κ2) is 6.30. The molecule has 0 aliphatic rings. The first-order valence-electron chi connectivity index (χ1n) is 5.89. The molecule has 0 radical (unpaired) electrons. The third kappa shape index (κ3) is 3.30. The highest BCUT2D eigenvalue weighted by Gasteiger charge is 2.04. The lowest BCUT2D eigenvalue weighted by Crippen LogP contribution is -1.90. The van der Waals surface area contributed by atoms with Crippen LogP contribution < -0.4 is 9.47 Å². The van der Waals surface area contributed by atoms with Gasteiger partial charge in [-0.1, -0.05) is 48.0 Å². The summed E-state index contributed by atoms with van der Waals surface area (Å²) in [6, 6.07) is 15.5. The molecule has 0 spiro atoms. The molecule has 0 aliphatic heterocycles. The van der Waals surface area contributed by atoms with Crippen LogP contribution in [0.4, 0.5) is 0 Å². The zero-order valence-corrected chi connectivity index (χ0v) is 11.6. The molecule has 2 rings (SSSR count). The van der Waals surface area contributed by atoms with Crippen molar-refractivity contribution in [3.8, 4) is 11.5 Å². The fourth-order valence-electron chi connectivity index (χ4n) is 1.77. The molecule has 98 valence electrons. The van der Waals surface area contributed by atoms with Gasteiger partial charge < -0.3 is 9.47 Å². The van der Waals surface area contributed by atoms with Crippen molar-refractivity contribution >= 4 is 22.7 Å². The Kier molecular flexibility index (Phi) is 4.48. The molecule has 2 aromatic carbocycles. The Morgan fingerprint density at radius 3 is 2.26 bits per heavy atom. The highest BCUT2D eigenvalue weighted by Crippen LogP contribution is 2.30. The van der Waals surface area contributed by atoms with Crippen LogP contribution in [-0.2, 0) is 0 Å². The molecular formula is C16H15ClO2. The second-order valence-electron chi connectivity index (χ2n) is 3.97. The number of halogens is 1. The molecule has 0 bridgehead atoms. The van der Waals surface area contributed by atoms with E-state index >= 15 is 0 Å². The molecule has 2 aromatic rings. The van der Waals surface area contributed by atoms with Gasteiger partial charge in [-0.25, -0.2) is 0 Å². The maximum Gasteiger partial charge on any atom is 0.161 e. The van der Waals surface area contributed by atoms with Crippen molar-refractivity contribution in [3.05, 3.63) is 59.7 Å². The molecule has 3 heteroatoms. The Balaban J connectivity index is 2.33. The van der Waals surface area contributed by atoms with E-state index in [1.807, 2.05) is 54.6 Å². The van der Waals surface area contributed by atoms with Crippen molar-refractivity contribution in [3.63, 3.8) is 0 Å². The number of ether oxygens (including phenoxy) is 2. The number of rotatable bonds is 4. The van der Waals surface area contributed by atoms with Gasteiger partial charge in [0.2, 0.25) is 0 Å². The van der Waals surface area contributed by atoms with E-state index in [1.54, 1.807) is 14.2 Å². The summed E-state index contributed by atoms with van der Waals surface area (Å²) in [5.74, 6) is 1.39. The highest BCUT2D eigenvalue weighted by atomic mass is 35.5. The number of hydrogen-bond acceptors (Lipinski definition) is 2. The Labute approximate surface area is 118 Å². The van der Waals surface area contributed by atoms with Crippen LogP contribution in [-0.4, -0.2) is 14.2 Å². The van der Waals surface area contributed by atoms with Crippen LogP contribution in [0.5, 0.6) is 11.5 Å². The molecule has 19 heavy (non-hydrogen) atoms. The lowest BCUT2D eigenvalue weighted by atomic mass is 10.1. The normalized spacial score (nSPS) is 11.2. The molecule has 0 heterocycles. The summed E-state index contributed by atoms with van der Waals surface area (Å²) in [5.41, 5.74) is 1.95. The minimum Gasteiger partial charge on any atom is -0.493 e. The van der Waals surface area contributed by atoms with E-state index in [1.165, 1.54) is 0 Å². The van der Waals surface area contributed by atoms with E-state index in [9.17, 15) is 0 Å². The Morgan fingerprint density at radius 2 is 1.63 bits per heavy atom. The van der Waals surface area contributed by atoms with Gasteiger partial charge >= 0.3 is 0 Å². The third-order valence-corrected chi connectivity index (χ3v) is 3.08. The van der Waals surface area contributed by atoms with Crippen LogP contribution >= 0.6 is 11.6 Å². The fraction of sp³-hybridized carbons (Fsp3) is 0.125. The molecule has 0 unspecified atom stereocenters. The second-order valence-corrected chi connectivity index (χ2v) is 4.38. The van der Waals surface area contributed by atoms with Crippen molar-refractivity contribution in [1.82, 2.24) is 0 Å². The van der Waals surface area contributed by atoms with Gasteiger partial charge in [-0.3, -0.25) is 0 Å². The van der Waals surface area contributed by atoms with Crippen molar-refractivity contribution in [1.29, 1.82) is 0 Å². The maximum atomic E-state index is 6.30. The van der Waals surface area contributed by atoms with E-state index in [-0.39, 0.29) is 0 Å². The van der Waals surface area contributed by atoms with Gasteiger partial charge in [0.05, 0.1) is 14.2 Å². The molecule has 2 nitrogen and oxygen atoms in total. The predicted octanol–water partition coefficient (Wildman–Crippen LogP) is 4.44. The summed E-state index contributed by atoms with van der Waals surface area (Å²) in [4.78, 5) is 0. The van der Waals surface area contributed by atoms with Crippen LogP contribution in [0.1, 0.15) is 11.1 Å². The van der Waals surface area contributed by atoms with E-state index in [2.05, 4.69) is 0 Å². The molecule has 0 atom stereocenters. The first-order valence-corrected chi connectivity index (χ1v) is 6.27. The van der Waals surface area contributed by atoms with Gasteiger partial charge in [0.25, 0.3) is 0 Å². The van der Waals surface area contributed by atoms with Gasteiger partial charge in [0.15, 0.2) is 11.5 Å². The van der Waals surface area contributed by atoms with Crippen molar-refractivity contribution in [2.24, 2.45) is 0 Å². The van der Waals surface area contributed by atoms with Crippen molar-refractivity contribution in [2.75, 3.05) is 14.2 Å².